The van der Waals surface area contributed by atoms with Gasteiger partial charge in [-0.25, -0.2) is 4.98 Å². The monoisotopic (exact) mass is 408 g/mol. The predicted octanol–water partition coefficient (Wildman–Crippen LogP) is 6.02. The van der Waals surface area contributed by atoms with Crippen LogP contribution >= 0.6 is 11.3 Å². The Hall–Kier alpha value is -2.37. The fourth-order valence-corrected chi connectivity index (χ4v) is 4.11. The largest absolute Gasteiger partial charge is 0.388 e. The Morgan fingerprint density at radius 1 is 1.07 bits per heavy atom. The van der Waals surface area contributed by atoms with Gasteiger partial charge in [0.2, 0.25) is 0 Å². The van der Waals surface area contributed by atoms with E-state index in [0.29, 0.717) is 4.88 Å². The molecule has 1 atom stereocenters. The van der Waals surface area contributed by atoms with E-state index in [9.17, 15) is 9.90 Å². The zero-order valence-electron chi connectivity index (χ0n) is 16.9. The Morgan fingerprint density at radius 3 is 2.59 bits per heavy atom. The number of ketones is 1. The number of rotatable bonds is 11. The maximum absolute atomic E-state index is 12.6. The second-order valence-electron chi connectivity index (χ2n) is 7.32. The van der Waals surface area contributed by atoms with Crippen molar-refractivity contribution in [3.05, 3.63) is 71.0 Å². The zero-order valence-corrected chi connectivity index (χ0v) is 17.7. The quantitative estimate of drug-likeness (QED) is 0.311. The number of aliphatic hydroxyl groups excluding tert-OH is 1. The third kappa shape index (κ3) is 6.31. The number of aromatic nitrogens is 2. The standard InChI is InChI=1S/C24H28N2O2S/c1-2-3-4-5-6-8-18-10-12-19(13-11-18)21(27)15-22(28)23-17-26-24(29-23)20-9-7-14-25-16-20/h7,9-14,16-17,21,27H,2-6,8,15H2,1H3/t21-/m0/s1. The zero-order chi connectivity index (χ0) is 20.5. The number of nitrogens with zero attached hydrogens (tertiary/aromatic N) is 2. The van der Waals surface area contributed by atoms with Gasteiger partial charge in [-0.15, -0.1) is 11.3 Å². The van der Waals surface area contributed by atoms with E-state index >= 15 is 0 Å². The molecule has 0 bridgehead atoms. The second-order valence-corrected chi connectivity index (χ2v) is 8.35. The summed E-state index contributed by atoms with van der Waals surface area (Å²) in [5.41, 5.74) is 2.96. The van der Waals surface area contributed by atoms with Crippen molar-refractivity contribution in [3.8, 4) is 10.6 Å². The number of hydrogen-bond donors (Lipinski definition) is 1. The summed E-state index contributed by atoms with van der Waals surface area (Å²) < 4.78 is 0. The van der Waals surface area contributed by atoms with Crippen LogP contribution in [0.1, 0.15) is 72.4 Å². The number of thiazole rings is 1. The number of pyridine rings is 1. The van der Waals surface area contributed by atoms with Crippen molar-refractivity contribution in [2.75, 3.05) is 0 Å². The molecule has 3 rings (SSSR count). The molecule has 0 saturated carbocycles. The number of carbonyl (C=O) groups excluding carboxylic acids is 1. The lowest BCUT2D eigenvalue weighted by Gasteiger charge is -2.10. The van der Waals surface area contributed by atoms with Gasteiger partial charge in [-0.2, -0.15) is 0 Å². The van der Waals surface area contributed by atoms with E-state index in [1.165, 1.54) is 49.0 Å². The lowest BCUT2D eigenvalue weighted by molar-refractivity contribution is 0.0884. The first-order chi connectivity index (χ1) is 14.2. The van der Waals surface area contributed by atoms with E-state index in [0.717, 1.165) is 22.6 Å². The Bertz CT molecular complexity index is 891. The molecule has 4 nitrogen and oxygen atoms in total. The van der Waals surface area contributed by atoms with Gasteiger partial charge >= 0.3 is 0 Å². The number of aryl methyl sites for hydroxylation is 1. The summed E-state index contributed by atoms with van der Waals surface area (Å²) in [6.07, 6.45) is 11.7. The highest BCUT2D eigenvalue weighted by Crippen LogP contribution is 2.27. The van der Waals surface area contributed by atoms with Gasteiger partial charge in [0.15, 0.2) is 5.78 Å². The third-order valence-corrected chi connectivity index (χ3v) is 6.09. The van der Waals surface area contributed by atoms with Crippen molar-refractivity contribution in [3.63, 3.8) is 0 Å². The van der Waals surface area contributed by atoms with Crippen LogP contribution in [0.3, 0.4) is 0 Å². The van der Waals surface area contributed by atoms with Gasteiger partial charge in [0.1, 0.15) is 5.01 Å². The number of aliphatic hydroxyl groups is 1. The van der Waals surface area contributed by atoms with Gasteiger partial charge in [-0.1, -0.05) is 56.9 Å². The van der Waals surface area contributed by atoms with Crippen LogP contribution in [0.2, 0.25) is 0 Å². The highest BCUT2D eigenvalue weighted by Gasteiger charge is 2.17. The fourth-order valence-electron chi connectivity index (χ4n) is 3.26. The molecule has 0 spiro atoms. The summed E-state index contributed by atoms with van der Waals surface area (Å²) in [6, 6.07) is 11.8. The van der Waals surface area contributed by atoms with E-state index in [1.807, 2.05) is 24.3 Å². The molecule has 2 heterocycles. The molecule has 0 amide bonds. The minimum atomic E-state index is -0.801. The minimum absolute atomic E-state index is 0.0606. The summed E-state index contributed by atoms with van der Waals surface area (Å²) in [7, 11) is 0. The van der Waals surface area contributed by atoms with E-state index in [4.69, 9.17) is 0 Å². The Kier molecular flexibility index (Phi) is 8.08. The molecular weight excluding hydrogens is 380 g/mol. The molecule has 1 N–H and O–H groups in total. The molecule has 2 aromatic heterocycles. The summed E-state index contributed by atoms with van der Waals surface area (Å²) in [4.78, 5) is 21.5. The molecule has 0 radical (unpaired) electrons. The van der Waals surface area contributed by atoms with Gasteiger partial charge in [0.25, 0.3) is 0 Å². The minimum Gasteiger partial charge on any atom is -0.388 e. The van der Waals surface area contributed by atoms with Crippen LogP contribution in [-0.2, 0) is 6.42 Å². The fraction of sp³-hybridized carbons (Fsp3) is 0.375. The van der Waals surface area contributed by atoms with E-state index < -0.39 is 6.10 Å². The Labute approximate surface area is 176 Å². The number of Topliss-reactive ketones (excluding diaryl/α,β-unsaturated/α-hetero) is 1. The van der Waals surface area contributed by atoms with Crippen molar-refractivity contribution in [2.24, 2.45) is 0 Å². The molecule has 152 valence electrons. The number of carbonyl (C=O) groups is 1. The van der Waals surface area contributed by atoms with Crippen LogP contribution in [-0.4, -0.2) is 20.9 Å². The van der Waals surface area contributed by atoms with Gasteiger partial charge < -0.3 is 5.11 Å². The molecule has 0 unspecified atom stereocenters. The first-order valence-corrected chi connectivity index (χ1v) is 11.2. The molecule has 0 saturated heterocycles. The average molecular weight is 409 g/mol. The summed E-state index contributed by atoms with van der Waals surface area (Å²) in [5, 5.41) is 11.3. The first-order valence-electron chi connectivity index (χ1n) is 10.3. The van der Waals surface area contributed by atoms with E-state index in [1.54, 1.807) is 18.6 Å². The molecule has 1 aromatic carbocycles. The van der Waals surface area contributed by atoms with Crippen LogP contribution in [0.4, 0.5) is 0 Å². The topological polar surface area (TPSA) is 63.1 Å². The molecule has 29 heavy (non-hydrogen) atoms. The molecule has 3 aromatic rings. The highest BCUT2D eigenvalue weighted by molar-refractivity contribution is 7.16. The van der Waals surface area contributed by atoms with E-state index in [2.05, 4.69) is 29.0 Å². The first kappa shape index (κ1) is 21.3. The second kappa shape index (κ2) is 11.0. The normalized spacial score (nSPS) is 12.1. The van der Waals surface area contributed by atoms with Crippen molar-refractivity contribution in [1.82, 2.24) is 9.97 Å². The maximum Gasteiger partial charge on any atom is 0.177 e. The molecule has 0 aliphatic rings. The highest BCUT2D eigenvalue weighted by atomic mass is 32.1. The van der Waals surface area contributed by atoms with Gasteiger partial charge in [0.05, 0.1) is 11.0 Å². The predicted molar refractivity (Wildman–Crippen MR) is 118 cm³/mol. The van der Waals surface area contributed by atoms with Crippen LogP contribution < -0.4 is 0 Å². The smallest absolute Gasteiger partial charge is 0.177 e. The van der Waals surface area contributed by atoms with Gasteiger partial charge in [-0.3, -0.25) is 9.78 Å². The number of unbranched alkanes of at least 4 members (excludes halogenated alkanes) is 4. The Morgan fingerprint density at radius 2 is 1.86 bits per heavy atom. The summed E-state index contributed by atoms with van der Waals surface area (Å²) in [6.45, 7) is 2.23. The lowest BCUT2D eigenvalue weighted by Crippen LogP contribution is -2.06. The van der Waals surface area contributed by atoms with Crippen molar-refractivity contribution in [2.45, 2.75) is 58.0 Å². The maximum atomic E-state index is 12.6. The van der Waals surface area contributed by atoms with Crippen molar-refractivity contribution >= 4 is 17.1 Å². The number of benzene rings is 1. The van der Waals surface area contributed by atoms with Crippen LogP contribution in [0.5, 0.6) is 0 Å². The van der Waals surface area contributed by atoms with Crippen LogP contribution in [0, 0.1) is 0 Å². The number of hydrogen-bond acceptors (Lipinski definition) is 5. The Balaban J connectivity index is 1.52. The SMILES string of the molecule is CCCCCCCc1ccc([C@@H](O)CC(=O)c2cnc(-c3cccnc3)s2)cc1. The molecule has 5 heteroatoms. The van der Waals surface area contributed by atoms with Crippen LogP contribution in [0.25, 0.3) is 10.6 Å². The lowest BCUT2D eigenvalue weighted by atomic mass is 10.00. The molecular formula is C24H28N2O2S. The summed E-state index contributed by atoms with van der Waals surface area (Å²) in [5.74, 6) is -0.0925. The molecule has 0 aliphatic heterocycles. The third-order valence-electron chi connectivity index (χ3n) is 5.00. The van der Waals surface area contributed by atoms with Gasteiger partial charge in [-0.05, 0) is 36.1 Å². The van der Waals surface area contributed by atoms with Crippen molar-refractivity contribution < 1.29 is 9.90 Å². The average Bonchev–Trinajstić information content (AvgIpc) is 3.25. The molecule has 0 aliphatic carbocycles. The van der Waals surface area contributed by atoms with Crippen LogP contribution in [0.15, 0.2) is 55.0 Å². The summed E-state index contributed by atoms with van der Waals surface area (Å²) >= 11 is 1.34. The van der Waals surface area contributed by atoms with Gasteiger partial charge in [0, 0.05) is 30.6 Å². The van der Waals surface area contributed by atoms with Crippen molar-refractivity contribution in [1.29, 1.82) is 0 Å². The molecule has 0 fully saturated rings. The van der Waals surface area contributed by atoms with E-state index in [-0.39, 0.29) is 12.2 Å².